The van der Waals surface area contributed by atoms with Crippen LogP contribution in [-0.2, 0) is 0 Å². The first-order valence-corrected chi connectivity index (χ1v) is 9.01. The number of benzene rings is 2. The molecule has 0 aliphatic carbocycles. The van der Waals surface area contributed by atoms with Crippen molar-refractivity contribution in [3.05, 3.63) is 58.4 Å². The number of nitrogens with zero attached hydrogens (tertiary/aromatic N) is 2. The lowest BCUT2D eigenvalue weighted by molar-refractivity contribution is 0.355. The van der Waals surface area contributed by atoms with Gasteiger partial charge in [-0.3, -0.25) is 0 Å². The maximum absolute atomic E-state index is 9.61. The minimum absolute atomic E-state index is 0.483. The van der Waals surface area contributed by atoms with Crippen molar-refractivity contribution in [1.29, 1.82) is 5.26 Å². The van der Waals surface area contributed by atoms with Crippen LogP contribution >= 0.6 is 11.3 Å². The van der Waals surface area contributed by atoms with Crippen molar-refractivity contribution < 1.29 is 14.2 Å². The van der Waals surface area contributed by atoms with E-state index in [-0.39, 0.29) is 0 Å². The van der Waals surface area contributed by atoms with E-state index in [1.165, 1.54) is 11.3 Å². The summed E-state index contributed by atoms with van der Waals surface area (Å²) in [6.07, 6.45) is 1.79. The summed E-state index contributed by atoms with van der Waals surface area (Å²) < 4.78 is 16.0. The molecule has 0 N–H and O–H groups in total. The zero-order chi connectivity index (χ0) is 19.2. The Kier molecular flexibility index (Phi) is 5.74. The van der Waals surface area contributed by atoms with Crippen molar-refractivity contribution in [3.8, 4) is 34.6 Å². The lowest BCUT2D eigenvalue weighted by Crippen LogP contribution is -1.91. The highest BCUT2D eigenvalue weighted by molar-refractivity contribution is 7.11. The standard InChI is InChI=1S/C21H18N2O3S/c1-24-18-7-5-4-6-15(18)10-16(12-22)21-23-17(13-27-21)14-8-9-19(25-2)20(11-14)26-3/h4-11,13H,1-3H3. The fourth-order valence-electron chi connectivity index (χ4n) is 2.61. The topological polar surface area (TPSA) is 64.4 Å². The molecule has 0 bridgehead atoms. The molecule has 3 aromatic rings. The Morgan fingerprint density at radius 2 is 1.74 bits per heavy atom. The number of hydrogen-bond acceptors (Lipinski definition) is 6. The van der Waals surface area contributed by atoms with Crippen LogP contribution in [0.15, 0.2) is 47.8 Å². The van der Waals surface area contributed by atoms with Gasteiger partial charge in [0, 0.05) is 16.5 Å². The molecule has 0 atom stereocenters. The third-order valence-corrected chi connectivity index (χ3v) is 4.85. The molecule has 1 heterocycles. The second-order valence-electron chi connectivity index (χ2n) is 5.52. The van der Waals surface area contributed by atoms with Crippen LogP contribution in [0.3, 0.4) is 0 Å². The van der Waals surface area contributed by atoms with Crippen LogP contribution in [-0.4, -0.2) is 26.3 Å². The fourth-order valence-corrected chi connectivity index (χ4v) is 3.40. The van der Waals surface area contributed by atoms with E-state index in [9.17, 15) is 5.26 Å². The van der Waals surface area contributed by atoms with Gasteiger partial charge in [-0.05, 0) is 30.3 Å². The summed E-state index contributed by atoms with van der Waals surface area (Å²) in [5.74, 6) is 2.00. The van der Waals surface area contributed by atoms with Gasteiger partial charge in [0.25, 0.3) is 0 Å². The van der Waals surface area contributed by atoms with Crippen LogP contribution in [0.1, 0.15) is 10.6 Å². The molecule has 0 spiro atoms. The molecule has 0 amide bonds. The highest BCUT2D eigenvalue weighted by Crippen LogP contribution is 2.34. The van der Waals surface area contributed by atoms with Gasteiger partial charge in [-0.15, -0.1) is 11.3 Å². The van der Waals surface area contributed by atoms with Crippen molar-refractivity contribution in [2.24, 2.45) is 0 Å². The summed E-state index contributed by atoms with van der Waals surface area (Å²) in [5, 5.41) is 12.2. The summed E-state index contributed by atoms with van der Waals surface area (Å²) in [4.78, 5) is 4.62. The number of hydrogen-bond donors (Lipinski definition) is 0. The van der Waals surface area contributed by atoms with E-state index in [1.54, 1.807) is 27.4 Å². The summed E-state index contributed by atoms with van der Waals surface area (Å²) in [5.41, 5.74) is 2.98. The van der Waals surface area contributed by atoms with Crippen molar-refractivity contribution in [3.63, 3.8) is 0 Å². The van der Waals surface area contributed by atoms with Crippen LogP contribution in [0.4, 0.5) is 0 Å². The van der Waals surface area contributed by atoms with Gasteiger partial charge in [-0.25, -0.2) is 4.98 Å². The van der Waals surface area contributed by atoms with E-state index in [0.29, 0.717) is 27.8 Å². The van der Waals surface area contributed by atoms with Gasteiger partial charge in [0.15, 0.2) is 11.5 Å². The monoisotopic (exact) mass is 378 g/mol. The van der Waals surface area contributed by atoms with E-state index in [2.05, 4.69) is 11.1 Å². The Morgan fingerprint density at radius 1 is 1.00 bits per heavy atom. The van der Waals surface area contributed by atoms with Crippen molar-refractivity contribution in [2.75, 3.05) is 21.3 Å². The molecule has 0 aliphatic heterocycles. The lowest BCUT2D eigenvalue weighted by atomic mass is 10.1. The zero-order valence-electron chi connectivity index (χ0n) is 15.2. The fraction of sp³-hybridized carbons (Fsp3) is 0.143. The number of nitriles is 1. The third kappa shape index (κ3) is 3.94. The number of thiazole rings is 1. The smallest absolute Gasteiger partial charge is 0.161 e. The molecule has 0 saturated heterocycles. The van der Waals surface area contributed by atoms with E-state index in [0.717, 1.165) is 16.8 Å². The lowest BCUT2D eigenvalue weighted by Gasteiger charge is -2.08. The number of methoxy groups -OCH3 is 3. The number of ether oxygens (including phenoxy) is 3. The molecule has 27 heavy (non-hydrogen) atoms. The van der Waals surface area contributed by atoms with Gasteiger partial charge in [-0.2, -0.15) is 5.26 Å². The van der Waals surface area contributed by atoms with Gasteiger partial charge in [0.1, 0.15) is 16.8 Å². The zero-order valence-corrected chi connectivity index (χ0v) is 16.0. The second-order valence-corrected chi connectivity index (χ2v) is 6.38. The Hall–Kier alpha value is -3.30. The predicted octanol–water partition coefficient (Wildman–Crippen LogP) is 4.90. The summed E-state index contributed by atoms with van der Waals surface area (Å²) in [6, 6.07) is 15.4. The van der Waals surface area contributed by atoms with Crippen LogP contribution in [0.2, 0.25) is 0 Å². The summed E-state index contributed by atoms with van der Waals surface area (Å²) in [6.45, 7) is 0. The van der Waals surface area contributed by atoms with E-state index in [1.807, 2.05) is 47.8 Å². The average molecular weight is 378 g/mol. The van der Waals surface area contributed by atoms with Crippen LogP contribution in [0.25, 0.3) is 22.9 Å². The molecule has 0 fully saturated rings. The van der Waals surface area contributed by atoms with Crippen LogP contribution in [0, 0.1) is 11.3 Å². The molecule has 1 aromatic heterocycles. The third-order valence-electron chi connectivity index (χ3n) is 3.97. The molecular formula is C21H18N2O3S. The quantitative estimate of drug-likeness (QED) is 0.571. The van der Waals surface area contributed by atoms with E-state index < -0.39 is 0 Å². The van der Waals surface area contributed by atoms with E-state index >= 15 is 0 Å². The highest BCUT2D eigenvalue weighted by Gasteiger charge is 2.12. The van der Waals surface area contributed by atoms with Crippen LogP contribution < -0.4 is 14.2 Å². The SMILES string of the molecule is COc1ccccc1C=C(C#N)c1nc(-c2ccc(OC)c(OC)c2)cs1. The molecule has 2 aromatic carbocycles. The molecule has 3 rings (SSSR count). The molecular weight excluding hydrogens is 360 g/mol. The highest BCUT2D eigenvalue weighted by atomic mass is 32.1. The predicted molar refractivity (Wildman–Crippen MR) is 107 cm³/mol. The number of aromatic nitrogens is 1. The summed E-state index contributed by atoms with van der Waals surface area (Å²) in [7, 11) is 4.80. The first-order chi connectivity index (χ1) is 13.2. The molecule has 0 unspecified atom stereocenters. The first kappa shape index (κ1) is 18.5. The Bertz CT molecular complexity index is 1020. The minimum Gasteiger partial charge on any atom is -0.496 e. The molecule has 0 radical (unpaired) electrons. The Balaban J connectivity index is 1.97. The van der Waals surface area contributed by atoms with Gasteiger partial charge in [0.2, 0.25) is 0 Å². The van der Waals surface area contributed by atoms with Gasteiger partial charge in [0.05, 0.1) is 32.6 Å². The number of allylic oxidation sites excluding steroid dienone is 1. The average Bonchev–Trinajstić information content (AvgIpc) is 3.21. The first-order valence-electron chi connectivity index (χ1n) is 8.13. The largest absolute Gasteiger partial charge is 0.496 e. The second kappa shape index (κ2) is 8.39. The Morgan fingerprint density at radius 3 is 2.44 bits per heavy atom. The summed E-state index contributed by atoms with van der Waals surface area (Å²) >= 11 is 1.42. The van der Waals surface area contributed by atoms with Crippen molar-refractivity contribution in [2.45, 2.75) is 0 Å². The van der Waals surface area contributed by atoms with E-state index in [4.69, 9.17) is 14.2 Å². The maximum atomic E-state index is 9.61. The van der Waals surface area contributed by atoms with Gasteiger partial charge >= 0.3 is 0 Å². The number of para-hydroxylation sites is 1. The normalized spacial score (nSPS) is 11.0. The van der Waals surface area contributed by atoms with Crippen molar-refractivity contribution >= 4 is 23.0 Å². The van der Waals surface area contributed by atoms with Gasteiger partial charge in [-0.1, -0.05) is 18.2 Å². The molecule has 0 aliphatic rings. The molecule has 0 saturated carbocycles. The molecule has 6 heteroatoms. The van der Waals surface area contributed by atoms with Crippen molar-refractivity contribution in [1.82, 2.24) is 4.98 Å². The molecule has 5 nitrogen and oxygen atoms in total. The number of rotatable bonds is 6. The minimum atomic E-state index is 0.483. The van der Waals surface area contributed by atoms with Gasteiger partial charge < -0.3 is 14.2 Å². The van der Waals surface area contributed by atoms with Crippen LogP contribution in [0.5, 0.6) is 17.2 Å². The molecule has 136 valence electrons. The Labute approximate surface area is 162 Å². The maximum Gasteiger partial charge on any atom is 0.161 e.